The average Bonchev–Trinajstić information content (AvgIpc) is 2.57. The summed E-state index contributed by atoms with van der Waals surface area (Å²) in [5, 5.41) is 1.14. The van der Waals surface area contributed by atoms with Crippen LogP contribution < -0.4 is 10.0 Å². The van der Waals surface area contributed by atoms with Gasteiger partial charge in [0.05, 0.1) is 6.61 Å². The second-order valence-corrected chi connectivity index (χ2v) is 9.95. The zero-order valence-electron chi connectivity index (χ0n) is 17.8. The number of aryl methyl sites for hydroxylation is 2. The van der Waals surface area contributed by atoms with Gasteiger partial charge in [-0.15, -0.1) is 0 Å². The van der Waals surface area contributed by atoms with Crippen molar-refractivity contribution in [3.63, 3.8) is 0 Å². The number of carbonyl (C=O) groups is 1. The van der Waals surface area contributed by atoms with Crippen LogP contribution in [0.4, 0.5) is 0 Å². The third kappa shape index (κ3) is 6.18. The molecule has 0 spiro atoms. The molecule has 2 nitrogen and oxygen atoms in total. The fourth-order valence-electron chi connectivity index (χ4n) is 2.92. The van der Waals surface area contributed by atoms with E-state index in [1.165, 1.54) is 5.56 Å². The van der Waals surface area contributed by atoms with E-state index in [4.69, 9.17) is 4.74 Å². The number of hydrogen-bond donors (Lipinski definition) is 0. The molecule has 27 heavy (non-hydrogen) atoms. The Hall–Kier alpha value is -1.66. The highest BCUT2D eigenvalue weighted by Crippen LogP contribution is 2.27. The summed E-state index contributed by atoms with van der Waals surface area (Å²) in [6, 6.07) is 12.2. The first-order valence-corrected chi connectivity index (χ1v) is 10.7. The molecule has 2 aromatic carbocycles. The molecule has 2 aromatic rings. The van der Waals surface area contributed by atoms with Crippen molar-refractivity contribution in [1.29, 1.82) is 0 Å². The first-order valence-electron chi connectivity index (χ1n) is 9.74. The smallest absolute Gasteiger partial charge is 0.185 e. The van der Waals surface area contributed by atoms with Gasteiger partial charge in [0.2, 0.25) is 0 Å². The van der Waals surface area contributed by atoms with E-state index in [1.807, 2.05) is 12.1 Å². The highest BCUT2D eigenvalue weighted by Gasteiger charge is 2.16. The fourth-order valence-corrected chi connectivity index (χ4v) is 4.00. The van der Waals surface area contributed by atoms with Crippen molar-refractivity contribution < 1.29 is 9.53 Å². The van der Waals surface area contributed by atoms with Gasteiger partial charge in [-0.05, 0) is 74.3 Å². The molecule has 1 unspecified atom stereocenters. The van der Waals surface area contributed by atoms with Gasteiger partial charge in [-0.25, -0.2) is 0 Å². The number of carbonyl (C=O) groups excluding carboxylic acids is 1. The van der Waals surface area contributed by atoms with E-state index < -0.39 is 0 Å². The Morgan fingerprint density at radius 1 is 1.04 bits per heavy atom. The summed E-state index contributed by atoms with van der Waals surface area (Å²) in [5.41, 5.74) is 4.59. The quantitative estimate of drug-likeness (QED) is 0.534. The predicted octanol–water partition coefficient (Wildman–Crippen LogP) is 6.17. The van der Waals surface area contributed by atoms with Gasteiger partial charge in [-0.1, -0.05) is 58.9 Å². The second-order valence-electron chi connectivity index (χ2n) is 8.74. The maximum Gasteiger partial charge on any atom is 0.185 e. The van der Waals surface area contributed by atoms with Crippen LogP contribution in [0.1, 0.15) is 68.1 Å². The van der Waals surface area contributed by atoms with Crippen molar-refractivity contribution in [2.24, 2.45) is 5.92 Å². The molecular weight excluding hydrogens is 351 g/mol. The van der Waals surface area contributed by atoms with Crippen LogP contribution in [-0.2, 0) is 5.41 Å². The van der Waals surface area contributed by atoms with Gasteiger partial charge in [0.15, 0.2) is 5.52 Å². The molecule has 0 fully saturated rings. The molecule has 0 aliphatic rings. The van der Waals surface area contributed by atoms with E-state index in [0.29, 0.717) is 5.92 Å². The van der Waals surface area contributed by atoms with Crippen LogP contribution in [0.5, 0.6) is 5.75 Å². The van der Waals surface area contributed by atoms with E-state index in [0.717, 1.165) is 40.8 Å². The minimum Gasteiger partial charge on any atom is -0.494 e. The van der Waals surface area contributed by atoms with Crippen molar-refractivity contribution in [3.05, 3.63) is 58.7 Å². The summed E-state index contributed by atoms with van der Waals surface area (Å²) in [6.07, 6.45) is 1.05. The van der Waals surface area contributed by atoms with Crippen molar-refractivity contribution in [3.8, 4) is 5.75 Å². The topological polar surface area (TPSA) is 26.3 Å². The van der Waals surface area contributed by atoms with Crippen molar-refractivity contribution >= 4 is 19.4 Å². The zero-order chi connectivity index (χ0) is 20.2. The van der Waals surface area contributed by atoms with E-state index in [-0.39, 0.29) is 19.5 Å². The SMILES string of the molecule is Cc1cc(OCCC(C)C)cc(C)c1PC(=O)c1ccc(C(C)(C)C)cc1. The van der Waals surface area contributed by atoms with Crippen LogP contribution in [-0.4, -0.2) is 12.1 Å². The Bertz CT molecular complexity index is 760. The molecule has 0 radical (unpaired) electrons. The molecule has 0 aliphatic carbocycles. The van der Waals surface area contributed by atoms with E-state index in [1.54, 1.807) is 0 Å². The van der Waals surface area contributed by atoms with Gasteiger partial charge in [0.25, 0.3) is 0 Å². The Morgan fingerprint density at radius 2 is 1.59 bits per heavy atom. The van der Waals surface area contributed by atoms with Gasteiger partial charge in [-0.3, -0.25) is 4.79 Å². The molecule has 0 heterocycles. The molecular formula is C24H33O2P. The maximum atomic E-state index is 12.8. The van der Waals surface area contributed by atoms with Gasteiger partial charge in [0, 0.05) is 5.56 Å². The van der Waals surface area contributed by atoms with Crippen LogP contribution in [0.15, 0.2) is 36.4 Å². The second kappa shape index (κ2) is 9.02. The Morgan fingerprint density at radius 3 is 2.07 bits per heavy atom. The Labute approximate surface area is 166 Å². The summed E-state index contributed by atoms with van der Waals surface area (Å²) in [5.74, 6) is 1.54. The van der Waals surface area contributed by atoms with E-state index in [2.05, 4.69) is 72.7 Å². The lowest BCUT2D eigenvalue weighted by Crippen LogP contribution is -2.12. The van der Waals surface area contributed by atoms with Crippen molar-refractivity contribution in [2.75, 3.05) is 6.61 Å². The van der Waals surface area contributed by atoms with Crippen LogP contribution in [0.25, 0.3) is 0 Å². The largest absolute Gasteiger partial charge is 0.494 e. The average molecular weight is 385 g/mol. The molecule has 1 atom stereocenters. The molecule has 3 heteroatoms. The van der Waals surface area contributed by atoms with Gasteiger partial charge in [0.1, 0.15) is 5.75 Å². The van der Waals surface area contributed by atoms with Crippen molar-refractivity contribution in [2.45, 2.75) is 60.3 Å². The van der Waals surface area contributed by atoms with Crippen LogP contribution in [0.2, 0.25) is 0 Å². The highest BCUT2D eigenvalue weighted by molar-refractivity contribution is 7.66. The Kier molecular flexibility index (Phi) is 7.23. The highest BCUT2D eigenvalue weighted by atomic mass is 31.1. The summed E-state index contributed by atoms with van der Waals surface area (Å²) in [7, 11) is 0.137. The molecule has 0 amide bonds. The molecule has 146 valence electrons. The normalized spacial score (nSPS) is 12.1. The Balaban J connectivity index is 2.11. The fraction of sp³-hybridized carbons (Fsp3) is 0.458. The predicted molar refractivity (Wildman–Crippen MR) is 118 cm³/mol. The lowest BCUT2D eigenvalue weighted by Gasteiger charge is -2.19. The van der Waals surface area contributed by atoms with E-state index >= 15 is 0 Å². The molecule has 0 N–H and O–H groups in total. The van der Waals surface area contributed by atoms with Crippen molar-refractivity contribution in [1.82, 2.24) is 0 Å². The number of ether oxygens (including phenoxy) is 1. The summed E-state index contributed by atoms with van der Waals surface area (Å²) in [6.45, 7) is 15.8. The van der Waals surface area contributed by atoms with Gasteiger partial charge >= 0.3 is 0 Å². The minimum atomic E-state index is 0.0996. The third-order valence-corrected chi connectivity index (χ3v) is 6.28. The molecule has 0 saturated carbocycles. The standard InChI is InChI=1S/C24H33O2P/c1-16(2)12-13-26-21-14-17(3)22(18(4)15-21)27-23(25)19-8-10-20(11-9-19)24(5,6)7/h8-11,14-16,27H,12-13H2,1-7H3. The molecule has 2 rings (SSSR count). The summed E-state index contributed by atoms with van der Waals surface area (Å²) >= 11 is 0. The van der Waals surface area contributed by atoms with Gasteiger partial charge < -0.3 is 4.74 Å². The van der Waals surface area contributed by atoms with Crippen LogP contribution in [0, 0.1) is 19.8 Å². The lowest BCUT2D eigenvalue weighted by molar-refractivity contribution is 0.108. The summed E-state index contributed by atoms with van der Waals surface area (Å²) < 4.78 is 5.89. The maximum absolute atomic E-state index is 12.8. The molecule has 0 aromatic heterocycles. The van der Waals surface area contributed by atoms with Gasteiger partial charge in [-0.2, -0.15) is 0 Å². The monoisotopic (exact) mass is 384 g/mol. The van der Waals surface area contributed by atoms with Crippen LogP contribution >= 0.6 is 8.58 Å². The number of benzene rings is 2. The lowest BCUT2D eigenvalue weighted by atomic mass is 9.87. The first-order chi connectivity index (χ1) is 12.6. The number of rotatable bonds is 7. The van der Waals surface area contributed by atoms with E-state index in [9.17, 15) is 4.79 Å². The molecule has 0 aliphatic heterocycles. The molecule has 0 bridgehead atoms. The first kappa shape index (κ1) is 21.6. The zero-order valence-corrected chi connectivity index (χ0v) is 18.8. The summed E-state index contributed by atoms with van der Waals surface area (Å²) in [4.78, 5) is 12.8. The minimum absolute atomic E-state index is 0.0996. The number of hydrogen-bond acceptors (Lipinski definition) is 2. The molecule has 0 saturated heterocycles. The third-order valence-electron chi connectivity index (χ3n) is 4.72. The van der Waals surface area contributed by atoms with Crippen LogP contribution in [0.3, 0.4) is 0 Å².